The Hall–Kier alpha value is -2.85. The Bertz CT molecular complexity index is 1180. The molecule has 11 heteroatoms. The molecule has 0 bridgehead atoms. The molecule has 198 valence electrons. The normalized spacial score (nSPS) is 13.0. The van der Waals surface area contributed by atoms with Crippen molar-refractivity contribution < 1.29 is 27.1 Å². The van der Waals surface area contributed by atoms with E-state index in [1.807, 2.05) is 13.8 Å². The van der Waals surface area contributed by atoms with E-state index in [-0.39, 0.29) is 29.2 Å². The smallest absolute Gasteiger partial charge is 0.244 e. The Labute approximate surface area is 217 Å². The van der Waals surface area contributed by atoms with E-state index < -0.39 is 34.3 Å². The van der Waals surface area contributed by atoms with Gasteiger partial charge in [0.2, 0.25) is 21.8 Å². The minimum absolute atomic E-state index is 0.0377. The third-order valence-electron chi connectivity index (χ3n) is 5.74. The number of nitrogens with zero attached hydrogens (tertiary/aromatic N) is 2. The molecule has 0 unspecified atom stereocenters. The van der Waals surface area contributed by atoms with Crippen molar-refractivity contribution in [3.8, 4) is 5.75 Å². The van der Waals surface area contributed by atoms with Gasteiger partial charge in [0.05, 0.1) is 24.1 Å². The number of nitrogens with one attached hydrogen (secondary N) is 1. The highest BCUT2D eigenvalue weighted by Crippen LogP contribution is 2.25. The summed E-state index contributed by atoms with van der Waals surface area (Å²) < 4.78 is 45.0. The maximum absolute atomic E-state index is 13.7. The zero-order valence-corrected chi connectivity index (χ0v) is 22.7. The third-order valence-corrected chi connectivity index (χ3v) is 7.17. The Kier molecular flexibility index (Phi) is 10.5. The first-order chi connectivity index (χ1) is 16.9. The number of amides is 2. The van der Waals surface area contributed by atoms with E-state index in [0.29, 0.717) is 24.2 Å². The van der Waals surface area contributed by atoms with Crippen molar-refractivity contribution in [2.45, 2.75) is 52.2 Å². The molecule has 2 aromatic rings. The average molecular weight is 542 g/mol. The summed E-state index contributed by atoms with van der Waals surface area (Å²) in [4.78, 5) is 28.1. The highest BCUT2D eigenvalue weighted by atomic mass is 35.5. The lowest BCUT2D eigenvalue weighted by atomic mass is 10.1. The van der Waals surface area contributed by atoms with Crippen molar-refractivity contribution in [1.29, 1.82) is 0 Å². The number of methoxy groups -OCH3 is 1. The molecule has 0 fully saturated rings. The standard InChI is InChI=1S/C25H33ClFN3O5S/c1-6-17(3)28-25(32)23(7-2)29(15-18-9-8-10-20(13-18)35-4)24(31)16-30(36(5,33)34)19-11-12-22(27)21(26)14-19/h8-14,17,23H,6-7,15-16H2,1-5H3,(H,28,32)/t17-,23+/m0/s1. The summed E-state index contributed by atoms with van der Waals surface area (Å²) in [5.41, 5.74) is 0.740. The van der Waals surface area contributed by atoms with Crippen LogP contribution in [-0.4, -0.2) is 57.1 Å². The molecular formula is C25H33ClFN3O5S. The van der Waals surface area contributed by atoms with Gasteiger partial charge in [-0.05, 0) is 55.7 Å². The summed E-state index contributed by atoms with van der Waals surface area (Å²) in [6.45, 7) is 5.02. The van der Waals surface area contributed by atoms with Crippen molar-refractivity contribution in [1.82, 2.24) is 10.2 Å². The van der Waals surface area contributed by atoms with Gasteiger partial charge in [0.25, 0.3) is 0 Å². The van der Waals surface area contributed by atoms with Crippen molar-refractivity contribution in [2.75, 3.05) is 24.2 Å². The van der Waals surface area contributed by atoms with Crippen LogP contribution < -0.4 is 14.4 Å². The van der Waals surface area contributed by atoms with Crippen LogP contribution in [0.1, 0.15) is 39.2 Å². The minimum atomic E-state index is -3.95. The topological polar surface area (TPSA) is 96.0 Å². The molecule has 0 saturated carbocycles. The van der Waals surface area contributed by atoms with Gasteiger partial charge in [-0.2, -0.15) is 0 Å². The third kappa shape index (κ3) is 7.83. The van der Waals surface area contributed by atoms with Crippen LogP contribution in [0.25, 0.3) is 0 Å². The van der Waals surface area contributed by atoms with E-state index in [4.69, 9.17) is 16.3 Å². The molecule has 0 aliphatic heterocycles. The van der Waals surface area contributed by atoms with Gasteiger partial charge in [-0.15, -0.1) is 0 Å². The van der Waals surface area contributed by atoms with Gasteiger partial charge in [0, 0.05) is 12.6 Å². The second kappa shape index (κ2) is 12.9. The summed E-state index contributed by atoms with van der Waals surface area (Å²) in [7, 11) is -2.43. The van der Waals surface area contributed by atoms with Crippen LogP contribution >= 0.6 is 11.6 Å². The first-order valence-electron chi connectivity index (χ1n) is 11.6. The van der Waals surface area contributed by atoms with E-state index >= 15 is 0 Å². The quantitative estimate of drug-likeness (QED) is 0.438. The molecule has 0 saturated heterocycles. The highest BCUT2D eigenvalue weighted by Gasteiger charge is 2.32. The lowest BCUT2D eigenvalue weighted by Gasteiger charge is -2.33. The SMILES string of the molecule is CC[C@H](C(=O)N[C@@H](C)CC)N(Cc1cccc(OC)c1)C(=O)CN(c1ccc(F)c(Cl)c1)S(C)(=O)=O. The molecule has 0 aliphatic carbocycles. The predicted molar refractivity (Wildman–Crippen MR) is 139 cm³/mol. The van der Waals surface area contributed by atoms with Crippen LogP contribution in [0.3, 0.4) is 0 Å². The number of hydrogen-bond acceptors (Lipinski definition) is 5. The second-order valence-corrected chi connectivity index (χ2v) is 10.8. The molecule has 0 radical (unpaired) electrons. The number of benzene rings is 2. The van der Waals surface area contributed by atoms with Gasteiger partial charge in [-0.1, -0.05) is 37.6 Å². The van der Waals surface area contributed by atoms with Crippen LogP contribution in [0.2, 0.25) is 5.02 Å². The molecular weight excluding hydrogens is 509 g/mol. The van der Waals surface area contributed by atoms with Gasteiger partial charge >= 0.3 is 0 Å². The first-order valence-corrected chi connectivity index (χ1v) is 13.8. The molecule has 0 spiro atoms. The number of halogens is 2. The van der Waals surface area contributed by atoms with Crippen LogP contribution in [0.5, 0.6) is 5.75 Å². The lowest BCUT2D eigenvalue weighted by Crippen LogP contribution is -2.53. The molecule has 8 nitrogen and oxygen atoms in total. The summed E-state index contributed by atoms with van der Waals surface area (Å²) in [6.07, 6.45) is 1.95. The van der Waals surface area contributed by atoms with Gasteiger partial charge < -0.3 is 15.0 Å². The van der Waals surface area contributed by atoms with Crippen molar-refractivity contribution in [3.05, 3.63) is 58.9 Å². The van der Waals surface area contributed by atoms with E-state index in [2.05, 4.69) is 5.32 Å². The number of ether oxygens (including phenoxy) is 1. The summed E-state index contributed by atoms with van der Waals surface area (Å²) in [6, 6.07) is 9.50. The Balaban J connectivity index is 2.47. The zero-order chi connectivity index (χ0) is 27.0. The molecule has 0 heterocycles. The molecule has 2 atom stereocenters. The number of sulfonamides is 1. The molecule has 2 aromatic carbocycles. The van der Waals surface area contributed by atoms with Gasteiger partial charge in [-0.3, -0.25) is 13.9 Å². The van der Waals surface area contributed by atoms with Crippen LogP contribution in [0.4, 0.5) is 10.1 Å². The van der Waals surface area contributed by atoms with E-state index in [1.54, 1.807) is 31.2 Å². The number of carbonyl (C=O) groups excluding carboxylic acids is 2. The van der Waals surface area contributed by atoms with Gasteiger partial charge in [0.1, 0.15) is 24.2 Å². The number of carbonyl (C=O) groups is 2. The van der Waals surface area contributed by atoms with Gasteiger partial charge in [-0.25, -0.2) is 12.8 Å². The van der Waals surface area contributed by atoms with E-state index in [1.165, 1.54) is 18.1 Å². The summed E-state index contributed by atoms with van der Waals surface area (Å²) in [5, 5.41) is 2.63. The number of rotatable bonds is 12. The highest BCUT2D eigenvalue weighted by molar-refractivity contribution is 7.92. The summed E-state index contributed by atoms with van der Waals surface area (Å²) in [5.74, 6) is -1.07. The largest absolute Gasteiger partial charge is 0.497 e. The molecule has 36 heavy (non-hydrogen) atoms. The van der Waals surface area contributed by atoms with Crippen LogP contribution in [-0.2, 0) is 26.2 Å². The molecule has 0 aliphatic rings. The maximum atomic E-state index is 13.7. The first kappa shape index (κ1) is 29.4. The fourth-order valence-corrected chi connectivity index (χ4v) is 4.60. The van der Waals surface area contributed by atoms with E-state index in [0.717, 1.165) is 22.7 Å². The van der Waals surface area contributed by atoms with Gasteiger partial charge in [0.15, 0.2) is 0 Å². The van der Waals surface area contributed by atoms with Crippen molar-refractivity contribution in [2.24, 2.45) is 0 Å². The Morgan fingerprint density at radius 1 is 1.14 bits per heavy atom. The monoisotopic (exact) mass is 541 g/mol. The minimum Gasteiger partial charge on any atom is -0.497 e. The van der Waals surface area contributed by atoms with Crippen molar-refractivity contribution >= 4 is 39.1 Å². The Morgan fingerprint density at radius 2 is 1.83 bits per heavy atom. The van der Waals surface area contributed by atoms with Crippen molar-refractivity contribution in [3.63, 3.8) is 0 Å². The Morgan fingerprint density at radius 3 is 2.39 bits per heavy atom. The fraction of sp³-hybridized carbons (Fsp3) is 0.440. The number of hydrogen-bond donors (Lipinski definition) is 1. The predicted octanol–water partition coefficient (Wildman–Crippen LogP) is 3.98. The lowest BCUT2D eigenvalue weighted by molar-refractivity contribution is -0.140. The molecule has 2 amide bonds. The molecule has 1 N–H and O–H groups in total. The molecule has 2 rings (SSSR count). The molecule has 0 aromatic heterocycles. The second-order valence-electron chi connectivity index (χ2n) is 8.48. The maximum Gasteiger partial charge on any atom is 0.244 e. The zero-order valence-electron chi connectivity index (χ0n) is 21.1. The fourth-order valence-electron chi connectivity index (χ4n) is 3.58. The number of anilines is 1. The van der Waals surface area contributed by atoms with Crippen LogP contribution in [0.15, 0.2) is 42.5 Å². The average Bonchev–Trinajstić information content (AvgIpc) is 2.83. The van der Waals surface area contributed by atoms with Crippen LogP contribution in [0, 0.1) is 5.82 Å². The summed E-state index contributed by atoms with van der Waals surface area (Å²) >= 11 is 5.86. The van der Waals surface area contributed by atoms with E-state index in [9.17, 15) is 22.4 Å².